The van der Waals surface area contributed by atoms with E-state index in [1.807, 2.05) is 20.8 Å². The number of guanidine groups is 1. The summed E-state index contributed by atoms with van der Waals surface area (Å²) in [6, 6.07) is 6.42. The molecule has 2 unspecified atom stereocenters. The fourth-order valence-corrected chi connectivity index (χ4v) is 2.44. The van der Waals surface area contributed by atoms with Gasteiger partial charge in [-0.2, -0.15) is 0 Å². The summed E-state index contributed by atoms with van der Waals surface area (Å²) in [4.78, 5) is 6.77. The van der Waals surface area contributed by atoms with E-state index in [1.54, 1.807) is 18.2 Å². The van der Waals surface area contributed by atoms with Gasteiger partial charge in [-0.1, -0.05) is 12.1 Å². The summed E-state index contributed by atoms with van der Waals surface area (Å²) in [6.45, 7) is 9.38. The molecule has 162 valence electrons. The van der Waals surface area contributed by atoms with Crippen molar-refractivity contribution in [1.82, 2.24) is 15.5 Å². The number of ether oxygens (including phenoxy) is 2. The second-order valence-corrected chi connectivity index (χ2v) is 6.63. The topological polar surface area (TPSA) is 58.1 Å². The third-order valence-corrected chi connectivity index (χ3v) is 3.82. The number of nitrogens with zero attached hydrogens (tertiary/aromatic N) is 2. The molecule has 1 rings (SSSR count). The fourth-order valence-electron chi connectivity index (χ4n) is 2.44. The van der Waals surface area contributed by atoms with Crippen molar-refractivity contribution in [3.8, 4) is 5.75 Å². The minimum absolute atomic E-state index is 0. The molecule has 8 heteroatoms. The van der Waals surface area contributed by atoms with Crippen LogP contribution >= 0.6 is 24.0 Å². The molecule has 0 aliphatic carbocycles. The van der Waals surface area contributed by atoms with E-state index >= 15 is 0 Å². The zero-order chi connectivity index (χ0) is 20.1. The normalized spacial score (nSPS) is 13.6. The van der Waals surface area contributed by atoms with E-state index in [0.29, 0.717) is 25.7 Å². The number of para-hydroxylation sites is 1. The predicted molar refractivity (Wildman–Crippen MR) is 124 cm³/mol. The van der Waals surface area contributed by atoms with E-state index in [1.165, 1.54) is 6.07 Å². The average molecular weight is 510 g/mol. The Morgan fingerprint density at radius 1 is 1.21 bits per heavy atom. The van der Waals surface area contributed by atoms with Gasteiger partial charge >= 0.3 is 0 Å². The Labute approximate surface area is 186 Å². The van der Waals surface area contributed by atoms with E-state index in [0.717, 1.165) is 19.5 Å². The van der Waals surface area contributed by atoms with Gasteiger partial charge in [-0.15, -0.1) is 24.0 Å². The quantitative estimate of drug-likeness (QED) is 0.257. The van der Waals surface area contributed by atoms with Gasteiger partial charge in [0.2, 0.25) is 0 Å². The van der Waals surface area contributed by atoms with Gasteiger partial charge in [0.25, 0.3) is 0 Å². The Morgan fingerprint density at radius 3 is 2.54 bits per heavy atom. The van der Waals surface area contributed by atoms with Gasteiger partial charge in [-0.05, 0) is 53.4 Å². The van der Waals surface area contributed by atoms with Crippen molar-refractivity contribution >= 4 is 29.9 Å². The Balaban J connectivity index is 0.00000729. The maximum Gasteiger partial charge on any atom is 0.191 e. The van der Waals surface area contributed by atoms with Crippen LogP contribution in [0, 0.1) is 5.82 Å². The molecular formula is C20H36FIN4O2. The van der Waals surface area contributed by atoms with E-state index in [2.05, 4.69) is 34.6 Å². The first-order valence-corrected chi connectivity index (χ1v) is 9.65. The summed E-state index contributed by atoms with van der Waals surface area (Å²) in [7, 11) is 4.10. The van der Waals surface area contributed by atoms with Gasteiger partial charge in [0.05, 0.1) is 19.2 Å². The minimum Gasteiger partial charge on any atom is -0.486 e. The highest BCUT2D eigenvalue weighted by molar-refractivity contribution is 14.0. The highest BCUT2D eigenvalue weighted by Gasteiger charge is 2.11. The van der Waals surface area contributed by atoms with Gasteiger partial charge < -0.3 is 25.0 Å². The van der Waals surface area contributed by atoms with Crippen molar-refractivity contribution in [3.05, 3.63) is 30.1 Å². The van der Waals surface area contributed by atoms with Crippen molar-refractivity contribution in [3.63, 3.8) is 0 Å². The van der Waals surface area contributed by atoms with Gasteiger partial charge in [-0.25, -0.2) is 4.39 Å². The molecule has 0 radical (unpaired) electrons. The molecule has 2 N–H and O–H groups in total. The van der Waals surface area contributed by atoms with E-state index in [9.17, 15) is 4.39 Å². The third-order valence-electron chi connectivity index (χ3n) is 3.82. The number of benzene rings is 1. The summed E-state index contributed by atoms with van der Waals surface area (Å²) in [6.07, 6.45) is 0.804. The Kier molecular flexibility index (Phi) is 15.1. The summed E-state index contributed by atoms with van der Waals surface area (Å²) in [5.41, 5.74) is 0. The van der Waals surface area contributed by atoms with Crippen LogP contribution in [0.3, 0.4) is 0 Å². The zero-order valence-corrected chi connectivity index (χ0v) is 20.0. The maximum atomic E-state index is 13.7. The number of aliphatic imine (C=N–C) groups is 1. The summed E-state index contributed by atoms with van der Waals surface area (Å²) < 4.78 is 25.1. The Bertz CT molecular complexity index is 561. The van der Waals surface area contributed by atoms with Gasteiger partial charge in [-0.3, -0.25) is 4.99 Å². The number of rotatable bonds is 12. The molecule has 28 heavy (non-hydrogen) atoms. The van der Waals surface area contributed by atoms with E-state index < -0.39 is 0 Å². The fraction of sp³-hybridized carbons (Fsp3) is 0.650. The monoisotopic (exact) mass is 510 g/mol. The third kappa shape index (κ3) is 11.7. The van der Waals surface area contributed by atoms with Gasteiger partial charge in [0.1, 0.15) is 6.10 Å². The molecule has 0 spiro atoms. The summed E-state index contributed by atoms with van der Waals surface area (Å²) >= 11 is 0. The molecule has 1 aromatic carbocycles. The Hall–Kier alpha value is -1.13. The van der Waals surface area contributed by atoms with Crippen molar-refractivity contribution in [2.45, 2.75) is 39.4 Å². The van der Waals surface area contributed by atoms with Crippen molar-refractivity contribution in [2.75, 3.05) is 46.9 Å². The molecule has 0 bridgehead atoms. The molecule has 6 nitrogen and oxygen atoms in total. The first kappa shape index (κ1) is 26.9. The summed E-state index contributed by atoms with van der Waals surface area (Å²) in [5, 5.41) is 6.47. The highest BCUT2D eigenvalue weighted by Crippen LogP contribution is 2.16. The van der Waals surface area contributed by atoms with Crippen molar-refractivity contribution < 1.29 is 13.9 Å². The van der Waals surface area contributed by atoms with E-state index in [4.69, 9.17) is 9.47 Å². The average Bonchev–Trinajstić information content (AvgIpc) is 2.63. The molecule has 0 saturated carbocycles. The lowest BCUT2D eigenvalue weighted by molar-refractivity contribution is 0.0582. The zero-order valence-electron chi connectivity index (χ0n) is 17.7. The van der Waals surface area contributed by atoms with Crippen LogP contribution < -0.4 is 15.4 Å². The number of hydrogen-bond donors (Lipinski definition) is 2. The van der Waals surface area contributed by atoms with Crippen molar-refractivity contribution in [1.29, 1.82) is 0 Å². The molecule has 0 aliphatic rings. The number of halogens is 2. The first-order chi connectivity index (χ1) is 13.0. The van der Waals surface area contributed by atoms with Crippen LogP contribution in [0.5, 0.6) is 5.75 Å². The van der Waals surface area contributed by atoms with Crippen LogP contribution in [-0.2, 0) is 4.74 Å². The molecule has 0 aromatic heterocycles. The second-order valence-electron chi connectivity index (χ2n) is 6.63. The number of nitrogens with one attached hydrogen (secondary N) is 2. The molecule has 0 aliphatic heterocycles. The summed E-state index contributed by atoms with van der Waals surface area (Å²) in [5.74, 6) is 0.607. The molecule has 0 saturated heterocycles. The lowest BCUT2D eigenvalue weighted by atomic mass is 10.2. The first-order valence-electron chi connectivity index (χ1n) is 9.65. The predicted octanol–water partition coefficient (Wildman–Crippen LogP) is 3.12. The second kappa shape index (κ2) is 15.8. The van der Waals surface area contributed by atoms with Crippen LogP contribution in [0.4, 0.5) is 4.39 Å². The largest absolute Gasteiger partial charge is 0.486 e. The molecule has 1 aromatic rings. The Morgan fingerprint density at radius 2 is 1.93 bits per heavy atom. The minimum atomic E-state index is -0.356. The molecule has 0 fully saturated rings. The smallest absolute Gasteiger partial charge is 0.191 e. The van der Waals surface area contributed by atoms with Gasteiger partial charge in [0.15, 0.2) is 17.5 Å². The van der Waals surface area contributed by atoms with Crippen LogP contribution in [0.1, 0.15) is 27.2 Å². The number of hydrogen-bond acceptors (Lipinski definition) is 4. The van der Waals surface area contributed by atoms with Crippen LogP contribution in [0.25, 0.3) is 0 Å². The lowest BCUT2D eigenvalue weighted by Crippen LogP contribution is -2.42. The highest BCUT2D eigenvalue weighted by atomic mass is 127. The molecule has 0 amide bonds. The molecule has 2 atom stereocenters. The SMILES string of the molecule is CCNC(=NCC(CCN(C)C)OCC)NCC(C)Oc1ccccc1F.I. The molecular weight excluding hydrogens is 474 g/mol. The molecule has 0 heterocycles. The van der Waals surface area contributed by atoms with Crippen LogP contribution in [-0.4, -0.2) is 69.9 Å². The van der Waals surface area contributed by atoms with E-state index in [-0.39, 0.29) is 47.8 Å². The van der Waals surface area contributed by atoms with Crippen LogP contribution in [0.2, 0.25) is 0 Å². The van der Waals surface area contributed by atoms with Crippen LogP contribution in [0.15, 0.2) is 29.3 Å². The standard InChI is InChI=1S/C20H35FN4O2.HI/c1-6-22-20(24-15-17(26-7-2)12-13-25(4)5)23-14-16(3)27-19-11-9-8-10-18(19)21;/h8-11,16-17H,6-7,12-15H2,1-5H3,(H2,22,23,24);1H. The van der Waals surface area contributed by atoms with Crippen molar-refractivity contribution in [2.24, 2.45) is 4.99 Å². The maximum absolute atomic E-state index is 13.7. The van der Waals surface area contributed by atoms with Gasteiger partial charge in [0, 0.05) is 19.7 Å². The lowest BCUT2D eigenvalue weighted by Gasteiger charge is -2.20.